The Bertz CT molecular complexity index is 597. The molecule has 0 spiro atoms. The van der Waals surface area contributed by atoms with Gasteiger partial charge in [0.1, 0.15) is 6.07 Å². The number of aryl methyl sites for hydroxylation is 1. The molecule has 0 bridgehead atoms. The van der Waals surface area contributed by atoms with Crippen molar-refractivity contribution < 1.29 is 0 Å². The van der Waals surface area contributed by atoms with Crippen LogP contribution in [0.3, 0.4) is 0 Å². The van der Waals surface area contributed by atoms with Gasteiger partial charge < -0.3 is 11.1 Å². The largest absolute Gasteiger partial charge is 0.395 e. The first-order valence-electron chi connectivity index (χ1n) is 5.59. The SMILES string of the molecule is Cc1ccc(C(C)Nc2nccc(C#N)c2N)s1. The lowest BCUT2D eigenvalue weighted by Gasteiger charge is -2.14. The Morgan fingerprint density at radius 1 is 1.44 bits per heavy atom. The number of thiophene rings is 1. The minimum absolute atomic E-state index is 0.118. The summed E-state index contributed by atoms with van der Waals surface area (Å²) in [6, 6.07) is 7.95. The number of nitrogens with two attached hydrogens (primary N) is 1. The molecule has 0 aliphatic rings. The van der Waals surface area contributed by atoms with Crippen molar-refractivity contribution in [1.29, 1.82) is 5.26 Å². The summed E-state index contributed by atoms with van der Waals surface area (Å²) < 4.78 is 0. The molecule has 5 heteroatoms. The number of aromatic nitrogens is 1. The van der Waals surface area contributed by atoms with E-state index in [1.807, 2.05) is 6.92 Å². The zero-order valence-corrected chi connectivity index (χ0v) is 11.1. The predicted molar refractivity (Wildman–Crippen MR) is 74.5 cm³/mol. The summed E-state index contributed by atoms with van der Waals surface area (Å²) in [5.74, 6) is 0.563. The molecule has 1 unspecified atom stereocenters. The lowest BCUT2D eigenvalue weighted by molar-refractivity contribution is 0.897. The van der Waals surface area contributed by atoms with Crippen LogP contribution in [0, 0.1) is 18.3 Å². The molecule has 2 aromatic heterocycles. The van der Waals surface area contributed by atoms with Gasteiger partial charge in [-0.15, -0.1) is 11.3 Å². The van der Waals surface area contributed by atoms with Gasteiger partial charge >= 0.3 is 0 Å². The Balaban J connectivity index is 2.22. The first-order valence-corrected chi connectivity index (χ1v) is 6.41. The topological polar surface area (TPSA) is 74.7 Å². The van der Waals surface area contributed by atoms with Crippen molar-refractivity contribution in [3.05, 3.63) is 39.7 Å². The molecular formula is C13H14N4S. The number of anilines is 2. The van der Waals surface area contributed by atoms with Crippen molar-refractivity contribution in [1.82, 2.24) is 4.98 Å². The monoisotopic (exact) mass is 258 g/mol. The van der Waals surface area contributed by atoms with E-state index in [1.165, 1.54) is 9.75 Å². The Morgan fingerprint density at radius 2 is 2.22 bits per heavy atom. The molecule has 0 saturated heterocycles. The van der Waals surface area contributed by atoms with Gasteiger partial charge in [0, 0.05) is 16.0 Å². The molecule has 2 rings (SSSR count). The van der Waals surface area contributed by atoms with Crippen LogP contribution in [0.4, 0.5) is 11.5 Å². The van der Waals surface area contributed by atoms with E-state index in [1.54, 1.807) is 23.6 Å². The molecule has 0 aromatic carbocycles. The fraction of sp³-hybridized carbons (Fsp3) is 0.231. The quantitative estimate of drug-likeness (QED) is 0.887. The average molecular weight is 258 g/mol. The average Bonchev–Trinajstić information content (AvgIpc) is 2.78. The number of rotatable bonds is 3. The third kappa shape index (κ3) is 2.44. The zero-order chi connectivity index (χ0) is 13.1. The number of hydrogen-bond acceptors (Lipinski definition) is 5. The molecule has 18 heavy (non-hydrogen) atoms. The summed E-state index contributed by atoms with van der Waals surface area (Å²) in [7, 11) is 0. The number of nitrogens with zero attached hydrogens (tertiary/aromatic N) is 2. The van der Waals surface area contributed by atoms with E-state index in [9.17, 15) is 0 Å². The Kier molecular flexibility index (Phi) is 3.49. The molecule has 3 N–H and O–H groups in total. The summed E-state index contributed by atoms with van der Waals surface area (Å²) in [5, 5.41) is 12.2. The third-order valence-corrected chi connectivity index (χ3v) is 3.84. The van der Waals surface area contributed by atoms with E-state index in [2.05, 4.69) is 35.4 Å². The predicted octanol–water partition coefficient (Wildman–Crippen LogP) is 3.08. The Morgan fingerprint density at radius 3 is 2.83 bits per heavy atom. The second kappa shape index (κ2) is 5.07. The number of nitrogens with one attached hydrogen (secondary N) is 1. The van der Waals surface area contributed by atoms with Crippen LogP contribution >= 0.6 is 11.3 Å². The fourth-order valence-corrected chi connectivity index (χ4v) is 2.53. The number of nitrogen functional groups attached to an aromatic ring is 1. The van der Waals surface area contributed by atoms with Crippen LogP contribution in [0.15, 0.2) is 24.4 Å². The Hall–Kier alpha value is -2.06. The molecule has 2 heterocycles. The zero-order valence-electron chi connectivity index (χ0n) is 10.3. The van der Waals surface area contributed by atoms with Gasteiger partial charge in [-0.1, -0.05) is 0 Å². The van der Waals surface area contributed by atoms with E-state index in [0.29, 0.717) is 17.1 Å². The second-order valence-corrected chi connectivity index (χ2v) is 5.37. The molecule has 0 aliphatic heterocycles. The molecular weight excluding hydrogens is 244 g/mol. The molecule has 4 nitrogen and oxygen atoms in total. The lowest BCUT2D eigenvalue weighted by Crippen LogP contribution is -2.09. The summed E-state index contributed by atoms with van der Waals surface area (Å²) in [6.07, 6.45) is 1.59. The van der Waals surface area contributed by atoms with E-state index in [4.69, 9.17) is 11.0 Å². The van der Waals surface area contributed by atoms with Crippen LogP contribution in [-0.4, -0.2) is 4.98 Å². The van der Waals surface area contributed by atoms with Gasteiger partial charge in [0.05, 0.1) is 17.3 Å². The van der Waals surface area contributed by atoms with Crippen molar-refractivity contribution in [2.75, 3.05) is 11.1 Å². The van der Waals surface area contributed by atoms with Crippen LogP contribution in [0.5, 0.6) is 0 Å². The standard InChI is InChI=1S/C13H14N4S/c1-8-3-4-11(18-8)9(2)17-13-12(15)10(7-14)5-6-16-13/h3-6,9H,15H2,1-2H3,(H,16,17). The first kappa shape index (κ1) is 12.4. The number of hydrogen-bond donors (Lipinski definition) is 2. The van der Waals surface area contributed by atoms with Gasteiger partial charge in [-0.2, -0.15) is 5.26 Å². The molecule has 92 valence electrons. The summed E-state index contributed by atoms with van der Waals surface area (Å²) in [5.41, 5.74) is 6.73. The molecule has 0 amide bonds. The third-order valence-electron chi connectivity index (χ3n) is 2.65. The van der Waals surface area contributed by atoms with Gasteiger partial charge in [-0.05, 0) is 32.0 Å². The number of pyridine rings is 1. The van der Waals surface area contributed by atoms with Gasteiger partial charge in [0.15, 0.2) is 5.82 Å². The molecule has 2 aromatic rings. The highest BCUT2D eigenvalue weighted by molar-refractivity contribution is 7.12. The Labute approximate surface area is 110 Å². The molecule has 0 fully saturated rings. The highest BCUT2D eigenvalue weighted by Gasteiger charge is 2.11. The highest BCUT2D eigenvalue weighted by atomic mass is 32.1. The van der Waals surface area contributed by atoms with Gasteiger partial charge in [0.2, 0.25) is 0 Å². The minimum Gasteiger partial charge on any atom is -0.395 e. The van der Waals surface area contributed by atoms with Gasteiger partial charge in [0.25, 0.3) is 0 Å². The van der Waals surface area contributed by atoms with Gasteiger partial charge in [-0.25, -0.2) is 4.98 Å². The molecule has 0 saturated carbocycles. The van der Waals surface area contributed by atoms with Crippen LogP contribution in [-0.2, 0) is 0 Å². The molecule has 0 radical (unpaired) electrons. The van der Waals surface area contributed by atoms with Crippen molar-refractivity contribution >= 4 is 22.8 Å². The normalized spacial score (nSPS) is 11.8. The fourth-order valence-electron chi connectivity index (χ4n) is 1.65. The number of nitriles is 1. The maximum Gasteiger partial charge on any atom is 0.151 e. The molecule has 1 atom stereocenters. The van der Waals surface area contributed by atoms with Crippen molar-refractivity contribution in [3.8, 4) is 6.07 Å². The lowest BCUT2D eigenvalue weighted by atomic mass is 10.2. The van der Waals surface area contributed by atoms with Crippen LogP contribution in [0.1, 0.15) is 28.3 Å². The summed E-state index contributed by atoms with van der Waals surface area (Å²) >= 11 is 1.73. The highest BCUT2D eigenvalue weighted by Crippen LogP contribution is 2.28. The summed E-state index contributed by atoms with van der Waals surface area (Å²) in [6.45, 7) is 4.12. The smallest absolute Gasteiger partial charge is 0.151 e. The van der Waals surface area contributed by atoms with E-state index in [0.717, 1.165) is 0 Å². The van der Waals surface area contributed by atoms with Crippen LogP contribution in [0.2, 0.25) is 0 Å². The van der Waals surface area contributed by atoms with Gasteiger partial charge in [-0.3, -0.25) is 0 Å². The van der Waals surface area contributed by atoms with Crippen molar-refractivity contribution in [2.24, 2.45) is 0 Å². The molecule has 0 aliphatic carbocycles. The minimum atomic E-state index is 0.118. The summed E-state index contributed by atoms with van der Waals surface area (Å²) in [4.78, 5) is 6.66. The maximum absolute atomic E-state index is 8.91. The van der Waals surface area contributed by atoms with Crippen LogP contribution in [0.25, 0.3) is 0 Å². The van der Waals surface area contributed by atoms with E-state index >= 15 is 0 Å². The van der Waals surface area contributed by atoms with Crippen molar-refractivity contribution in [3.63, 3.8) is 0 Å². The van der Waals surface area contributed by atoms with Crippen LogP contribution < -0.4 is 11.1 Å². The van der Waals surface area contributed by atoms with Crippen molar-refractivity contribution in [2.45, 2.75) is 19.9 Å². The maximum atomic E-state index is 8.91. The van der Waals surface area contributed by atoms with E-state index < -0.39 is 0 Å². The van der Waals surface area contributed by atoms with E-state index in [-0.39, 0.29) is 6.04 Å². The first-order chi connectivity index (χ1) is 8.61. The second-order valence-electron chi connectivity index (χ2n) is 4.05.